The van der Waals surface area contributed by atoms with Crippen molar-refractivity contribution < 1.29 is 4.79 Å². The maximum Gasteiger partial charge on any atom is 0.269 e. The van der Waals surface area contributed by atoms with E-state index in [4.69, 9.17) is 23.2 Å². The van der Waals surface area contributed by atoms with Gasteiger partial charge in [0, 0.05) is 15.6 Å². The van der Waals surface area contributed by atoms with Gasteiger partial charge in [0.15, 0.2) is 0 Å². The topological polar surface area (TPSA) is 46.4 Å². The molecule has 1 radical (unpaired) electrons. The van der Waals surface area contributed by atoms with E-state index in [0.717, 1.165) is 17.5 Å². The fraction of sp³-hybridized carbons (Fsp3) is 0.231. The number of aromatic nitrogens is 2. The number of amides is 1. The fourth-order valence-corrected chi connectivity index (χ4v) is 4.40. The summed E-state index contributed by atoms with van der Waals surface area (Å²) >= 11 is 12.1. The smallest absolute Gasteiger partial charge is 0.269 e. The monoisotopic (exact) mass is 464 g/mol. The Morgan fingerprint density at radius 3 is 2.28 bits per heavy atom. The highest BCUT2D eigenvalue weighted by Crippen LogP contribution is 2.30. The molecule has 4 rings (SSSR count). The summed E-state index contributed by atoms with van der Waals surface area (Å²) in [7, 11) is 0. The van der Waals surface area contributed by atoms with Crippen LogP contribution < -0.4 is 5.32 Å². The van der Waals surface area contributed by atoms with E-state index in [2.05, 4.69) is 37.3 Å². The van der Waals surface area contributed by atoms with Crippen LogP contribution in [-0.2, 0) is 5.54 Å². The first-order chi connectivity index (χ1) is 15.3. The zero-order chi connectivity index (χ0) is 22.9. The number of rotatable bonds is 6. The zero-order valence-corrected chi connectivity index (χ0v) is 19.7. The summed E-state index contributed by atoms with van der Waals surface area (Å²) in [5.41, 5.74) is 3.17. The summed E-state index contributed by atoms with van der Waals surface area (Å²) in [6.07, 6.45) is 3.83. The van der Waals surface area contributed by atoms with Gasteiger partial charge in [0.1, 0.15) is 17.5 Å². The second kappa shape index (κ2) is 8.97. The number of hydrogen-bond acceptors (Lipinski definition) is 2. The average molecular weight is 465 g/mol. The number of nitrogens with zero attached hydrogens (tertiary/aromatic N) is 2. The lowest BCUT2D eigenvalue weighted by atomic mass is 9.84. The molecule has 1 N–H and O–H groups in total. The standard InChI is InChI=1S/C26H24Cl2N3O/c1-17(2)15-26(3,19-9-13-21(28)14-10-19)30-25(32)22-5-4-6-24-29-16-23(31(22)24)18-7-11-20(27)12-8-18/h4-14,17H,15H2,1-3H3,(H,30,32). The lowest BCUT2D eigenvalue weighted by molar-refractivity contribution is 0.0886. The van der Waals surface area contributed by atoms with Gasteiger partial charge in [-0.2, -0.15) is 0 Å². The van der Waals surface area contributed by atoms with Gasteiger partial charge < -0.3 is 5.32 Å². The van der Waals surface area contributed by atoms with E-state index < -0.39 is 5.54 Å². The highest BCUT2D eigenvalue weighted by Gasteiger charge is 2.31. The van der Waals surface area contributed by atoms with Crippen molar-refractivity contribution in [3.05, 3.63) is 94.2 Å². The van der Waals surface area contributed by atoms with Crippen LogP contribution >= 0.6 is 23.2 Å². The second-order valence-electron chi connectivity index (χ2n) is 8.57. The van der Waals surface area contributed by atoms with E-state index in [0.29, 0.717) is 33.0 Å². The summed E-state index contributed by atoms with van der Waals surface area (Å²) in [6.45, 7) is 6.34. The minimum atomic E-state index is -0.567. The van der Waals surface area contributed by atoms with E-state index in [1.54, 1.807) is 6.07 Å². The third-order valence-electron chi connectivity index (χ3n) is 5.51. The van der Waals surface area contributed by atoms with Crippen LogP contribution in [0.1, 0.15) is 43.2 Å². The molecule has 2 aromatic carbocycles. The Balaban J connectivity index is 1.76. The maximum atomic E-state index is 13.6. The van der Waals surface area contributed by atoms with Crippen LogP contribution in [0.5, 0.6) is 0 Å². The van der Waals surface area contributed by atoms with E-state index >= 15 is 0 Å². The predicted octanol–water partition coefficient (Wildman–Crippen LogP) is 6.80. The third-order valence-corrected chi connectivity index (χ3v) is 6.01. The third kappa shape index (κ3) is 4.52. The summed E-state index contributed by atoms with van der Waals surface area (Å²) in [5.74, 6) is 0.188. The van der Waals surface area contributed by atoms with Crippen molar-refractivity contribution in [2.75, 3.05) is 0 Å². The Kier molecular flexibility index (Phi) is 6.27. The molecule has 0 fully saturated rings. The normalized spacial score (nSPS) is 13.3. The number of carbonyl (C=O) groups is 1. The number of halogens is 2. The van der Waals surface area contributed by atoms with Crippen molar-refractivity contribution >= 4 is 34.8 Å². The van der Waals surface area contributed by atoms with E-state index in [1.807, 2.05) is 65.1 Å². The number of carbonyl (C=O) groups excluding carboxylic acids is 1. The van der Waals surface area contributed by atoms with Gasteiger partial charge in [0.25, 0.3) is 5.91 Å². The number of fused-ring (bicyclic) bond motifs is 1. The average Bonchev–Trinajstić information content (AvgIpc) is 3.18. The molecular formula is C26H24Cl2N3O. The van der Waals surface area contributed by atoms with Crippen molar-refractivity contribution in [2.45, 2.75) is 32.7 Å². The number of benzene rings is 2. The molecule has 163 valence electrons. The van der Waals surface area contributed by atoms with Gasteiger partial charge in [-0.1, -0.05) is 67.4 Å². The lowest BCUT2D eigenvalue weighted by Crippen LogP contribution is -2.45. The number of imidazole rings is 1. The molecule has 4 aromatic rings. The van der Waals surface area contributed by atoms with Crippen LogP contribution in [0.3, 0.4) is 0 Å². The Labute approximate surface area is 198 Å². The zero-order valence-electron chi connectivity index (χ0n) is 18.2. The van der Waals surface area contributed by atoms with Crippen LogP contribution in [0, 0.1) is 12.1 Å². The van der Waals surface area contributed by atoms with Crippen molar-refractivity contribution in [1.82, 2.24) is 14.7 Å². The molecule has 1 atom stereocenters. The molecule has 4 nitrogen and oxygen atoms in total. The molecular weight excluding hydrogens is 441 g/mol. The molecule has 1 amide bonds. The quantitative estimate of drug-likeness (QED) is 0.340. The van der Waals surface area contributed by atoms with Crippen molar-refractivity contribution in [3.63, 3.8) is 0 Å². The van der Waals surface area contributed by atoms with Gasteiger partial charge in [-0.3, -0.25) is 9.20 Å². The molecule has 0 aliphatic rings. The van der Waals surface area contributed by atoms with Gasteiger partial charge in [-0.15, -0.1) is 0 Å². The lowest BCUT2D eigenvalue weighted by Gasteiger charge is -2.33. The summed E-state index contributed by atoms with van der Waals surface area (Å²) in [4.78, 5) is 18.0. The number of hydrogen-bond donors (Lipinski definition) is 1. The highest BCUT2D eigenvalue weighted by atomic mass is 35.5. The molecule has 32 heavy (non-hydrogen) atoms. The Hall–Kier alpha value is -2.82. The molecule has 0 aliphatic heterocycles. The molecule has 2 heterocycles. The van der Waals surface area contributed by atoms with Crippen molar-refractivity contribution in [1.29, 1.82) is 0 Å². The molecule has 0 saturated heterocycles. The van der Waals surface area contributed by atoms with Crippen LogP contribution in [0.15, 0.2) is 66.7 Å². The predicted molar refractivity (Wildman–Crippen MR) is 130 cm³/mol. The van der Waals surface area contributed by atoms with Crippen LogP contribution in [0.4, 0.5) is 0 Å². The summed E-state index contributed by atoms with van der Waals surface area (Å²) < 4.78 is 1.83. The molecule has 0 spiro atoms. The number of nitrogens with one attached hydrogen (secondary N) is 1. The molecule has 0 bridgehead atoms. The minimum Gasteiger partial charge on any atom is -0.342 e. The molecule has 0 saturated carbocycles. The van der Waals surface area contributed by atoms with Gasteiger partial charge in [-0.25, -0.2) is 4.98 Å². The Morgan fingerprint density at radius 2 is 1.66 bits per heavy atom. The maximum absolute atomic E-state index is 13.6. The minimum absolute atomic E-state index is 0.185. The first-order valence-electron chi connectivity index (χ1n) is 10.5. The van der Waals surface area contributed by atoms with Crippen LogP contribution in [0.25, 0.3) is 16.9 Å². The molecule has 1 unspecified atom stereocenters. The molecule has 0 aliphatic carbocycles. The Bertz CT molecular complexity index is 1250. The van der Waals surface area contributed by atoms with Gasteiger partial charge >= 0.3 is 0 Å². The summed E-state index contributed by atoms with van der Waals surface area (Å²) in [5, 5.41) is 4.59. The van der Waals surface area contributed by atoms with E-state index in [1.165, 1.54) is 0 Å². The highest BCUT2D eigenvalue weighted by molar-refractivity contribution is 6.30. The SMILES string of the molecule is CC(C)CC(C)(NC(=O)c1cccc2n[c]c(-c3ccc(Cl)cc3)n12)c1ccc(Cl)cc1. The first kappa shape index (κ1) is 22.4. The fourth-order valence-electron chi connectivity index (χ4n) is 4.15. The Morgan fingerprint density at radius 1 is 1.03 bits per heavy atom. The van der Waals surface area contributed by atoms with Crippen molar-refractivity contribution in [2.24, 2.45) is 5.92 Å². The van der Waals surface area contributed by atoms with E-state index in [-0.39, 0.29) is 5.91 Å². The molecule has 2 aromatic heterocycles. The summed E-state index contributed by atoms with van der Waals surface area (Å²) in [6, 6.07) is 20.6. The first-order valence-corrected chi connectivity index (χ1v) is 11.3. The van der Waals surface area contributed by atoms with Crippen LogP contribution in [0.2, 0.25) is 10.0 Å². The molecule has 6 heteroatoms. The number of pyridine rings is 1. The van der Waals surface area contributed by atoms with Crippen molar-refractivity contribution in [3.8, 4) is 11.3 Å². The van der Waals surface area contributed by atoms with E-state index in [9.17, 15) is 4.79 Å². The largest absolute Gasteiger partial charge is 0.342 e. The van der Waals surface area contributed by atoms with Crippen LogP contribution in [-0.4, -0.2) is 15.3 Å². The van der Waals surface area contributed by atoms with Gasteiger partial charge in [-0.05, 0) is 61.2 Å². The second-order valence-corrected chi connectivity index (χ2v) is 9.45. The van der Waals surface area contributed by atoms with Gasteiger partial charge in [0.05, 0.1) is 11.2 Å². The van der Waals surface area contributed by atoms with Gasteiger partial charge in [0.2, 0.25) is 0 Å².